The van der Waals surface area contributed by atoms with Gasteiger partial charge in [0.15, 0.2) is 11.5 Å². The topological polar surface area (TPSA) is 61.8 Å². The van der Waals surface area contributed by atoms with Crippen molar-refractivity contribution in [3.8, 4) is 11.5 Å². The van der Waals surface area contributed by atoms with Crippen LogP contribution in [0.4, 0.5) is 0 Å². The van der Waals surface area contributed by atoms with E-state index in [2.05, 4.69) is 4.74 Å². The van der Waals surface area contributed by atoms with E-state index in [9.17, 15) is 9.59 Å². The first kappa shape index (κ1) is 16.3. The van der Waals surface area contributed by atoms with Crippen LogP contribution in [-0.2, 0) is 9.53 Å². The summed E-state index contributed by atoms with van der Waals surface area (Å²) in [6.07, 6.45) is 2.97. The largest absolute Gasteiger partial charge is 0.493 e. The molecular formula is C18H16O5. The molecule has 0 aliphatic rings. The zero-order chi connectivity index (χ0) is 16.7. The van der Waals surface area contributed by atoms with Crippen molar-refractivity contribution in [2.24, 2.45) is 0 Å². The van der Waals surface area contributed by atoms with E-state index in [1.807, 2.05) is 30.3 Å². The molecule has 0 aliphatic heterocycles. The van der Waals surface area contributed by atoms with Gasteiger partial charge in [0.1, 0.15) is 0 Å². The molecule has 2 aromatic carbocycles. The molecule has 0 unspecified atom stereocenters. The second-order valence-electron chi connectivity index (χ2n) is 4.52. The number of benzene rings is 2. The Morgan fingerprint density at radius 1 is 0.957 bits per heavy atom. The van der Waals surface area contributed by atoms with E-state index < -0.39 is 11.9 Å². The maximum absolute atomic E-state index is 11.9. The summed E-state index contributed by atoms with van der Waals surface area (Å²) in [4.78, 5) is 23.4. The number of carbonyl (C=O) groups is 2. The number of methoxy groups -OCH3 is 2. The normalized spacial score (nSPS) is 10.3. The third-order valence-electron chi connectivity index (χ3n) is 3.01. The second-order valence-corrected chi connectivity index (χ2v) is 4.52. The highest BCUT2D eigenvalue weighted by Crippen LogP contribution is 2.28. The quantitative estimate of drug-likeness (QED) is 0.482. The summed E-state index contributed by atoms with van der Waals surface area (Å²) >= 11 is 0. The van der Waals surface area contributed by atoms with Gasteiger partial charge in [0.05, 0.1) is 19.8 Å². The van der Waals surface area contributed by atoms with E-state index in [0.717, 1.165) is 5.56 Å². The van der Waals surface area contributed by atoms with Crippen LogP contribution in [0.1, 0.15) is 15.9 Å². The number of hydrogen-bond donors (Lipinski definition) is 0. The van der Waals surface area contributed by atoms with Gasteiger partial charge in [-0.1, -0.05) is 30.3 Å². The summed E-state index contributed by atoms with van der Waals surface area (Å²) in [6, 6.07) is 13.8. The number of hydrogen-bond acceptors (Lipinski definition) is 5. The van der Waals surface area contributed by atoms with E-state index in [4.69, 9.17) is 9.47 Å². The molecule has 0 N–H and O–H groups in total. The van der Waals surface area contributed by atoms with Gasteiger partial charge in [0.2, 0.25) is 0 Å². The van der Waals surface area contributed by atoms with Crippen LogP contribution in [0, 0.1) is 0 Å². The third kappa shape index (κ3) is 4.44. The lowest BCUT2D eigenvalue weighted by Gasteiger charge is -2.09. The van der Waals surface area contributed by atoms with Gasteiger partial charge in [-0.3, -0.25) is 0 Å². The Morgan fingerprint density at radius 3 is 2.35 bits per heavy atom. The van der Waals surface area contributed by atoms with Crippen molar-refractivity contribution in [3.63, 3.8) is 0 Å². The molecule has 23 heavy (non-hydrogen) atoms. The summed E-state index contributed by atoms with van der Waals surface area (Å²) in [5, 5.41) is 0. The van der Waals surface area contributed by atoms with E-state index in [-0.39, 0.29) is 11.5 Å². The number of carbonyl (C=O) groups excluding carboxylic acids is 2. The Labute approximate surface area is 134 Å². The van der Waals surface area contributed by atoms with Crippen LogP contribution in [-0.4, -0.2) is 26.2 Å². The Hall–Kier alpha value is -3.08. The first-order chi connectivity index (χ1) is 11.1. The lowest BCUT2D eigenvalue weighted by atomic mass is 10.2. The molecule has 0 bridgehead atoms. The van der Waals surface area contributed by atoms with E-state index in [1.165, 1.54) is 38.5 Å². The fraction of sp³-hybridized carbons (Fsp3) is 0.111. The number of rotatable bonds is 5. The predicted octanol–water partition coefficient (Wildman–Crippen LogP) is 3.10. The highest BCUT2D eigenvalue weighted by atomic mass is 16.6. The first-order valence-electron chi connectivity index (χ1n) is 6.85. The van der Waals surface area contributed by atoms with Crippen LogP contribution < -0.4 is 9.47 Å². The SMILES string of the molecule is COC(=O)c1ccc(OC(=O)/C=C/c2ccccc2)c(OC)c1. The fourth-order valence-corrected chi connectivity index (χ4v) is 1.87. The summed E-state index contributed by atoms with van der Waals surface area (Å²) in [5.74, 6) is -0.541. The van der Waals surface area contributed by atoms with Gasteiger partial charge in [-0.25, -0.2) is 9.59 Å². The van der Waals surface area contributed by atoms with E-state index in [1.54, 1.807) is 6.08 Å². The molecule has 0 heterocycles. The van der Waals surface area contributed by atoms with Gasteiger partial charge >= 0.3 is 11.9 Å². The van der Waals surface area contributed by atoms with Crippen LogP contribution in [0.5, 0.6) is 11.5 Å². The second kappa shape index (κ2) is 7.79. The van der Waals surface area contributed by atoms with Crippen LogP contribution >= 0.6 is 0 Å². The molecule has 0 saturated carbocycles. The predicted molar refractivity (Wildman–Crippen MR) is 85.4 cm³/mol. The average Bonchev–Trinajstić information content (AvgIpc) is 2.60. The van der Waals surface area contributed by atoms with Crippen LogP contribution in [0.25, 0.3) is 6.08 Å². The summed E-state index contributed by atoms with van der Waals surface area (Å²) in [6.45, 7) is 0. The van der Waals surface area contributed by atoms with Crippen LogP contribution in [0.2, 0.25) is 0 Å². The van der Waals surface area contributed by atoms with Crippen molar-refractivity contribution < 1.29 is 23.8 Å². The van der Waals surface area contributed by atoms with Crippen molar-refractivity contribution >= 4 is 18.0 Å². The van der Waals surface area contributed by atoms with Crippen LogP contribution in [0.15, 0.2) is 54.6 Å². The summed E-state index contributed by atoms with van der Waals surface area (Å²) in [5.41, 5.74) is 1.20. The van der Waals surface area contributed by atoms with E-state index >= 15 is 0 Å². The van der Waals surface area contributed by atoms with Crippen molar-refractivity contribution in [3.05, 3.63) is 65.7 Å². The zero-order valence-electron chi connectivity index (χ0n) is 12.8. The lowest BCUT2D eigenvalue weighted by Crippen LogP contribution is -2.07. The van der Waals surface area contributed by atoms with Gasteiger partial charge in [0, 0.05) is 6.08 Å². The molecule has 5 nitrogen and oxygen atoms in total. The van der Waals surface area contributed by atoms with Crippen molar-refractivity contribution in [1.82, 2.24) is 0 Å². The molecule has 0 fully saturated rings. The molecule has 0 spiro atoms. The monoisotopic (exact) mass is 312 g/mol. The molecule has 2 aromatic rings. The smallest absolute Gasteiger partial charge is 0.337 e. The minimum atomic E-state index is -0.544. The van der Waals surface area contributed by atoms with Crippen molar-refractivity contribution in [2.45, 2.75) is 0 Å². The number of esters is 2. The molecule has 0 aliphatic carbocycles. The molecule has 0 atom stereocenters. The maximum atomic E-state index is 11.9. The van der Waals surface area contributed by atoms with E-state index in [0.29, 0.717) is 5.56 Å². The molecule has 5 heteroatoms. The first-order valence-corrected chi connectivity index (χ1v) is 6.85. The van der Waals surface area contributed by atoms with Crippen LogP contribution in [0.3, 0.4) is 0 Å². The number of ether oxygens (including phenoxy) is 3. The Balaban J connectivity index is 2.11. The van der Waals surface area contributed by atoms with Crippen molar-refractivity contribution in [1.29, 1.82) is 0 Å². The van der Waals surface area contributed by atoms with Crippen molar-refractivity contribution in [2.75, 3.05) is 14.2 Å². The Bertz CT molecular complexity index is 719. The third-order valence-corrected chi connectivity index (χ3v) is 3.01. The molecule has 118 valence electrons. The lowest BCUT2D eigenvalue weighted by molar-refractivity contribution is -0.129. The minimum absolute atomic E-state index is 0.225. The molecule has 2 rings (SSSR count). The zero-order valence-corrected chi connectivity index (χ0v) is 12.8. The minimum Gasteiger partial charge on any atom is -0.493 e. The highest BCUT2D eigenvalue weighted by molar-refractivity contribution is 5.91. The highest BCUT2D eigenvalue weighted by Gasteiger charge is 2.13. The molecule has 0 radical (unpaired) electrons. The standard InChI is InChI=1S/C18H16O5/c1-21-16-12-14(18(20)22-2)9-10-15(16)23-17(19)11-8-13-6-4-3-5-7-13/h3-12H,1-2H3/b11-8+. The summed E-state index contributed by atoms with van der Waals surface area (Å²) < 4.78 is 15.0. The molecule has 0 aromatic heterocycles. The summed E-state index contributed by atoms with van der Waals surface area (Å²) in [7, 11) is 2.71. The Kier molecular flexibility index (Phi) is 5.52. The molecular weight excluding hydrogens is 296 g/mol. The molecule has 0 amide bonds. The fourth-order valence-electron chi connectivity index (χ4n) is 1.87. The molecule has 0 saturated heterocycles. The average molecular weight is 312 g/mol. The Morgan fingerprint density at radius 2 is 1.70 bits per heavy atom. The van der Waals surface area contributed by atoms with Gasteiger partial charge in [-0.15, -0.1) is 0 Å². The van der Waals surface area contributed by atoms with Gasteiger partial charge in [-0.2, -0.15) is 0 Å². The van der Waals surface area contributed by atoms with Gasteiger partial charge < -0.3 is 14.2 Å². The maximum Gasteiger partial charge on any atom is 0.337 e. The van der Waals surface area contributed by atoms with Gasteiger partial charge in [-0.05, 0) is 29.8 Å². The van der Waals surface area contributed by atoms with Gasteiger partial charge in [0.25, 0.3) is 0 Å².